The normalized spacial score (nSPS) is 16.6. The van der Waals surface area contributed by atoms with Crippen LogP contribution in [0.1, 0.15) is 64.9 Å². The quantitative estimate of drug-likeness (QED) is 0.333. The predicted octanol–water partition coefficient (Wildman–Crippen LogP) is 3.97. The van der Waals surface area contributed by atoms with Crippen LogP contribution in [-0.4, -0.2) is 42.2 Å². The number of amidine groups is 1. The lowest BCUT2D eigenvalue weighted by Gasteiger charge is -2.30. The van der Waals surface area contributed by atoms with Crippen LogP contribution >= 0.6 is 0 Å². The number of pyridine rings is 1. The second kappa shape index (κ2) is 10.1. The molecule has 0 radical (unpaired) electrons. The summed E-state index contributed by atoms with van der Waals surface area (Å²) in [4.78, 5) is 19.8. The van der Waals surface area contributed by atoms with Gasteiger partial charge in [0.05, 0.1) is 16.3 Å². The lowest BCUT2D eigenvalue weighted by Crippen LogP contribution is -2.42. The van der Waals surface area contributed by atoms with Gasteiger partial charge in [-0.15, -0.1) is 0 Å². The molecule has 1 aromatic carbocycles. The summed E-state index contributed by atoms with van der Waals surface area (Å²) in [6.45, 7) is 5.51. The zero-order valence-electron chi connectivity index (χ0n) is 19.9. The number of nitrogens with zero attached hydrogens (tertiary/aromatic N) is 2. The van der Waals surface area contributed by atoms with Crippen molar-refractivity contribution >= 4 is 27.2 Å². The van der Waals surface area contributed by atoms with Crippen molar-refractivity contribution in [1.29, 1.82) is 0 Å². The highest BCUT2D eigenvalue weighted by Gasteiger charge is 2.30. The van der Waals surface area contributed by atoms with Crippen molar-refractivity contribution in [2.75, 3.05) is 12.4 Å². The fraction of sp³-hybridized carbons (Fsp3) is 0.500. The average molecular weight is 474 g/mol. The molecule has 1 aliphatic rings. The van der Waals surface area contributed by atoms with E-state index in [0.29, 0.717) is 23.0 Å². The van der Waals surface area contributed by atoms with Gasteiger partial charge in [-0.05, 0) is 63.9 Å². The zero-order chi connectivity index (χ0) is 24.2. The zero-order valence-corrected chi connectivity index (χ0v) is 20.7. The first-order valence-electron chi connectivity index (χ1n) is 11.4. The third-order valence-electron chi connectivity index (χ3n) is 6.12. The van der Waals surface area contributed by atoms with Crippen LogP contribution < -0.4 is 16.6 Å². The maximum absolute atomic E-state index is 12.8. The summed E-state index contributed by atoms with van der Waals surface area (Å²) in [5.41, 5.74) is 6.82. The Balaban J connectivity index is 1.87. The molecule has 1 heterocycles. The summed E-state index contributed by atoms with van der Waals surface area (Å²) >= 11 is 0. The van der Waals surface area contributed by atoms with Crippen LogP contribution in [0.5, 0.6) is 0 Å². The van der Waals surface area contributed by atoms with Gasteiger partial charge in [-0.2, -0.15) is 4.31 Å². The van der Waals surface area contributed by atoms with E-state index in [2.05, 4.69) is 15.3 Å². The Morgan fingerprint density at radius 1 is 1.09 bits per heavy atom. The fourth-order valence-electron chi connectivity index (χ4n) is 3.90. The smallest absolute Gasteiger partial charge is 0.261 e. The molecule has 1 aromatic heterocycles. The van der Waals surface area contributed by atoms with Crippen molar-refractivity contribution in [1.82, 2.24) is 9.29 Å². The molecular formula is C24H35N5O3S. The number of anilines is 1. The largest absolute Gasteiger partial charge is 0.383 e. The van der Waals surface area contributed by atoms with E-state index >= 15 is 0 Å². The van der Waals surface area contributed by atoms with Crippen LogP contribution in [0.3, 0.4) is 0 Å². The number of rotatable bonds is 6. The van der Waals surface area contributed by atoms with Gasteiger partial charge in [0.25, 0.3) is 5.56 Å². The molecule has 0 amide bonds. The molecule has 8 nitrogen and oxygen atoms in total. The lowest BCUT2D eigenvalue weighted by atomic mass is 10.1. The minimum Gasteiger partial charge on any atom is -0.383 e. The Morgan fingerprint density at radius 2 is 1.70 bits per heavy atom. The van der Waals surface area contributed by atoms with Crippen LogP contribution in [0, 0.1) is 0 Å². The molecule has 0 bridgehead atoms. The molecule has 0 unspecified atom stereocenters. The predicted molar refractivity (Wildman–Crippen MR) is 134 cm³/mol. The Hall–Kier alpha value is -2.65. The van der Waals surface area contributed by atoms with Crippen molar-refractivity contribution in [3.8, 4) is 0 Å². The highest BCUT2D eigenvalue weighted by atomic mass is 32.2. The van der Waals surface area contributed by atoms with Crippen molar-refractivity contribution in [3.63, 3.8) is 0 Å². The summed E-state index contributed by atoms with van der Waals surface area (Å²) in [5.74, 6) is 0.0791. The molecular weight excluding hydrogens is 438 g/mol. The number of H-pyrrole nitrogens is 1. The molecule has 4 N–H and O–H groups in total. The van der Waals surface area contributed by atoms with E-state index in [1.165, 1.54) is 42.1 Å². The molecule has 0 atom stereocenters. The lowest BCUT2D eigenvalue weighted by molar-refractivity contribution is 0.292. The molecule has 1 saturated carbocycles. The Morgan fingerprint density at radius 3 is 2.27 bits per heavy atom. The molecule has 33 heavy (non-hydrogen) atoms. The molecule has 0 saturated heterocycles. The van der Waals surface area contributed by atoms with Gasteiger partial charge in [0.2, 0.25) is 10.0 Å². The fourth-order valence-corrected chi connectivity index (χ4v) is 5.42. The number of nitrogens with one attached hydrogen (secondary N) is 2. The molecule has 9 heteroatoms. The molecule has 0 aliphatic heterocycles. The van der Waals surface area contributed by atoms with Gasteiger partial charge in [0, 0.05) is 24.8 Å². The molecule has 1 fully saturated rings. The monoisotopic (exact) mass is 473 g/mol. The SMILES string of the molecule is CN(C(C)(C)C)S(=O)(=O)c1ccc(N=C(N)c2c(NC3CCCCCC3)cc[nH]c2=O)cc1. The number of aliphatic imine (C=N–C) groups is 1. The Kier molecular flexibility index (Phi) is 7.64. The van der Waals surface area contributed by atoms with Gasteiger partial charge in [-0.25, -0.2) is 13.4 Å². The molecule has 180 valence electrons. The van der Waals surface area contributed by atoms with Gasteiger partial charge in [0.1, 0.15) is 11.4 Å². The van der Waals surface area contributed by atoms with E-state index in [0.717, 1.165) is 12.8 Å². The number of sulfonamides is 1. The number of benzene rings is 1. The number of aromatic amines is 1. The summed E-state index contributed by atoms with van der Waals surface area (Å²) in [7, 11) is -2.08. The number of hydrogen-bond acceptors (Lipinski definition) is 5. The van der Waals surface area contributed by atoms with Crippen molar-refractivity contribution in [3.05, 3.63) is 52.4 Å². The maximum Gasteiger partial charge on any atom is 0.261 e. The number of aromatic nitrogens is 1. The average Bonchev–Trinajstić information content (AvgIpc) is 3.01. The summed E-state index contributed by atoms with van der Waals surface area (Å²) in [6, 6.07) is 8.29. The number of hydrogen-bond donors (Lipinski definition) is 3. The van der Waals surface area contributed by atoms with E-state index in [1.807, 2.05) is 26.8 Å². The van der Waals surface area contributed by atoms with Gasteiger partial charge in [0.15, 0.2) is 0 Å². The standard InChI is InChI=1S/C24H35N5O3S/c1-24(2,3)29(4)33(31,32)19-13-11-18(12-14-19)28-22(25)21-20(15-16-26-23(21)30)27-17-9-7-5-6-8-10-17/h11-17H,5-10H2,1-4H3,(H2,25,28)(H2,26,27,30). The first kappa shape index (κ1) is 25.0. The van der Waals surface area contributed by atoms with Gasteiger partial charge < -0.3 is 16.0 Å². The Bertz CT molecular complexity index is 1140. The van der Waals surface area contributed by atoms with E-state index in [-0.39, 0.29) is 16.3 Å². The molecule has 0 spiro atoms. The van der Waals surface area contributed by atoms with Crippen LogP contribution in [0.4, 0.5) is 11.4 Å². The summed E-state index contributed by atoms with van der Waals surface area (Å²) < 4.78 is 27.0. The minimum absolute atomic E-state index is 0.0791. The maximum atomic E-state index is 12.8. The molecule has 1 aliphatic carbocycles. The first-order valence-corrected chi connectivity index (χ1v) is 12.9. The number of nitrogens with two attached hydrogens (primary N) is 1. The topological polar surface area (TPSA) is 121 Å². The third-order valence-corrected chi connectivity index (χ3v) is 8.26. The van der Waals surface area contributed by atoms with E-state index < -0.39 is 15.6 Å². The van der Waals surface area contributed by atoms with Crippen molar-refractivity contribution in [2.45, 2.75) is 75.8 Å². The Labute approximate surface area is 196 Å². The van der Waals surface area contributed by atoms with Crippen LogP contribution in [-0.2, 0) is 10.0 Å². The summed E-state index contributed by atoms with van der Waals surface area (Å²) in [6.07, 6.45) is 8.52. The van der Waals surface area contributed by atoms with Gasteiger partial charge >= 0.3 is 0 Å². The van der Waals surface area contributed by atoms with E-state index in [9.17, 15) is 13.2 Å². The van der Waals surface area contributed by atoms with Crippen LogP contribution in [0.2, 0.25) is 0 Å². The van der Waals surface area contributed by atoms with Gasteiger partial charge in [-0.1, -0.05) is 25.7 Å². The van der Waals surface area contributed by atoms with Crippen molar-refractivity contribution < 1.29 is 8.42 Å². The second-order valence-electron chi connectivity index (χ2n) is 9.56. The highest BCUT2D eigenvalue weighted by Crippen LogP contribution is 2.25. The third kappa shape index (κ3) is 6.03. The van der Waals surface area contributed by atoms with Crippen molar-refractivity contribution in [2.24, 2.45) is 10.7 Å². The van der Waals surface area contributed by atoms with Gasteiger partial charge in [-0.3, -0.25) is 4.79 Å². The van der Waals surface area contributed by atoms with E-state index in [4.69, 9.17) is 5.73 Å². The van der Waals surface area contributed by atoms with Crippen LogP contribution in [0.15, 0.2) is 51.2 Å². The second-order valence-corrected chi connectivity index (χ2v) is 11.5. The van der Waals surface area contributed by atoms with Crippen LogP contribution in [0.25, 0.3) is 0 Å². The summed E-state index contributed by atoms with van der Waals surface area (Å²) in [5, 5.41) is 3.49. The molecule has 2 aromatic rings. The molecule has 3 rings (SSSR count). The minimum atomic E-state index is -3.64. The first-order chi connectivity index (χ1) is 15.5. The van der Waals surface area contributed by atoms with E-state index in [1.54, 1.807) is 25.4 Å². The highest BCUT2D eigenvalue weighted by molar-refractivity contribution is 7.89.